The lowest BCUT2D eigenvalue weighted by molar-refractivity contribution is -0.139. The molecular weight excluding hydrogens is 300 g/mol. The van der Waals surface area contributed by atoms with E-state index in [4.69, 9.17) is 0 Å². The molecule has 24 heavy (non-hydrogen) atoms. The smallest absolute Gasteiger partial charge is 0.309 e. The lowest BCUT2D eigenvalue weighted by Crippen LogP contribution is -2.40. The molecule has 126 valence electrons. The molecule has 1 atom stereocenters. The molecule has 0 heterocycles. The van der Waals surface area contributed by atoms with E-state index in [2.05, 4.69) is 29.7 Å². The van der Waals surface area contributed by atoms with Gasteiger partial charge in [0.05, 0.1) is 6.04 Å². The highest BCUT2D eigenvalue weighted by Gasteiger charge is 2.18. The van der Waals surface area contributed by atoms with Crippen LogP contribution >= 0.6 is 0 Å². The Balaban J connectivity index is 1.96. The summed E-state index contributed by atoms with van der Waals surface area (Å²) in [6.45, 7) is 8.34. The average Bonchev–Trinajstić information content (AvgIpc) is 2.56. The predicted octanol–water partition coefficient (Wildman–Crippen LogP) is 3.11. The van der Waals surface area contributed by atoms with E-state index in [9.17, 15) is 9.59 Å². The van der Waals surface area contributed by atoms with Crippen LogP contribution in [0.25, 0.3) is 0 Å². The van der Waals surface area contributed by atoms with Gasteiger partial charge in [-0.2, -0.15) is 0 Å². The van der Waals surface area contributed by atoms with Crippen molar-refractivity contribution in [2.75, 3.05) is 0 Å². The van der Waals surface area contributed by atoms with Crippen LogP contribution in [0.1, 0.15) is 40.8 Å². The number of carbonyl (C=O) groups excluding carboxylic acids is 2. The molecule has 0 aliphatic heterocycles. The van der Waals surface area contributed by atoms with Gasteiger partial charge in [0, 0.05) is 6.54 Å². The van der Waals surface area contributed by atoms with E-state index < -0.39 is 11.8 Å². The number of aryl methyl sites for hydroxylation is 3. The van der Waals surface area contributed by atoms with Crippen LogP contribution in [0.3, 0.4) is 0 Å². The minimum atomic E-state index is -0.618. The summed E-state index contributed by atoms with van der Waals surface area (Å²) in [7, 11) is 0. The largest absolute Gasteiger partial charge is 0.344 e. The highest BCUT2D eigenvalue weighted by molar-refractivity contribution is 6.35. The molecule has 2 aromatic rings. The van der Waals surface area contributed by atoms with E-state index in [1.54, 1.807) is 0 Å². The Hall–Kier alpha value is -2.62. The highest BCUT2D eigenvalue weighted by Crippen LogP contribution is 2.21. The fraction of sp³-hybridized carbons (Fsp3) is 0.300. The Morgan fingerprint density at radius 3 is 2.21 bits per heavy atom. The van der Waals surface area contributed by atoms with E-state index in [0.717, 1.165) is 16.7 Å². The van der Waals surface area contributed by atoms with Gasteiger partial charge in [0.25, 0.3) is 0 Å². The van der Waals surface area contributed by atoms with Crippen LogP contribution in [0.5, 0.6) is 0 Å². The highest BCUT2D eigenvalue weighted by atomic mass is 16.2. The summed E-state index contributed by atoms with van der Waals surface area (Å²) in [4.78, 5) is 24.1. The molecule has 0 aromatic heterocycles. The Bertz CT molecular complexity index is 739. The Morgan fingerprint density at radius 1 is 0.917 bits per heavy atom. The summed E-state index contributed by atoms with van der Waals surface area (Å²) in [6, 6.07) is 13.4. The number of rotatable bonds is 4. The molecule has 0 radical (unpaired) electrons. The van der Waals surface area contributed by atoms with Crippen LogP contribution in [0, 0.1) is 20.8 Å². The first-order chi connectivity index (χ1) is 11.4. The quantitative estimate of drug-likeness (QED) is 0.849. The van der Waals surface area contributed by atoms with Crippen molar-refractivity contribution >= 4 is 11.8 Å². The van der Waals surface area contributed by atoms with Crippen molar-refractivity contribution in [3.8, 4) is 0 Å². The van der Waals surface area contributed by atoms with Gasteiger partial charge in [-0.3, -0.25) is 9.59 Å². The zero-order valence-corrected chi connectivity index (χ0v) is 14.6. The Labute approximate surface area is 143 Å². The zero-order chi connectivity index (χ0) is 17.7. The standard InChI is InChI=1S/C20H24N2O2/c1-13-10-15(3)18(11-14(13)2)16(4)22-20(24)19(23)21-12-17-8-6-5-7-9-17/h5-11,16H,12H2,1-4H3,(H,21,23)(H,22,24)/t16-/m0/s1. The maximum Gasteiger partial charge on any atom is 0.309 e. The van der Waals surface area contributed by atoms with Gasteiger partial charge in [0.15, 0.2) is 0 Å². The van der Waals surface area contributed by atoms with Gasteiger partial charge in [-0.15, -0.1) is 0 Å². The van der Waals surface area contributed by atoms with Crippen molar-refractivity contribution in [2.24, 2.45) is 0 Å². The maximum atomic E-state index is 12.1. The zero-order valence-electron chi connectivity index (χ0n) is 14.6. The van der Waals surface area contributed by atoms with Gasteiger partial charge >= 0.3 is 11.8 Å². The molecule has 2 rings (SSSR count). The second-order valence-electron chi connectivity index (χ2n) is 6.16. The van der Waals surface area contributed by atoms with Crippen LogP contribution in [-0.4, -0.2) is 11.8 Å². The van der Waals surface area contributed by atoms with Crippen LogP contribution < -0.4 is 10.6 Å². The van der Waals surface area contributed by atoms with Gasteiger partial charge in [-0.1, -0.05) is 42.5 Å². The number of amides is 2. The van der Waals surface area contributed by atoms with Crippen LogP contribution in [0.4, 0.5) is 0 Å². The summed E-state index contributed by atoms with van der Waals surface area (Å²) in [6.07, 6.45) is 0. The van der Waals surface area contributed by atoms with Crippen LogP contribution in [-0.2, 0) is 16.1 Å². The maximum absolute atomic E-state index is 12.1. The molecule has 2 amide bonds. The second kappa shape index (κ2) is 7.77. The lowest BCUT2D eigenvalue weighted by atomic mass is 9.96. The van der Waals surface area contributed by atoms with E-state index in [1.807, 2.05) is 51.1 Å². The number of carbonyl (C=O) groups is 2. The summed E-state index contributed by atoms with van der Waals surface area (Å²) in [5.74, 6) is -1.23. The fourth-order valence-corrected chi connectivity index (χ4v) is 2.65. The second-order valence-corrected chi connectivity index (χ2v) is 6.16. The molecule has 0 bridgehead atoms. The molecule has 0 saturated carbocycles. The van der Waals surface area contributed by atoms with Crippen LogP contribution in [0.2, 0.25) is 0 Å². The minimum Gasteiger partial charge on any atom is -0.344 e. The molecule has 0 fully saturated rings. The number of benzene rings is 2. The van der Waals surface area contributed by atoms with E-state index in [0.29, 0.717) is 6.54 Å². The normalized spacial score (nSPS) is 11.7. The van der Waals surface area contributed by atoms with Crippen LogP contribution in [0.15, 0.2) is 42.5 Å². The molecule has 0 spiro atoms. The predicted molar refractivity (Wildman–Crippen MR) is 95.5 cm³/mol. The summed E-state index contributed by atoms with van der Waals surface area (Å²) >= 11 is 0. The minimum absolute atomic E-state index is 0.223. The van der Waals surface area contributed by atoms with Crippen molar-refractivity contribution in [1.82, 2.24) is 10.6 Å². The summed E-state index contributed by atoms with van der Waals surface area (Å²) < 4.78 is 0. The van der Waals surface area contributed by atoms with Gasteiger partial charge in [-0.25, -0.2) is 0 Å². The third-order valence-corrected chi connectivity index (χ3v) is 4.20. The SMILES string of the molecule is Cc1cc(C)c([C@H](C)NC(=O)C(=O)NCc2ccccc2)cc1C. The molecule has 4 nitrogen and oxygen atoms in total. The van der Waals surface area contributed by atoms with Gasteiger partial charge in [-0.05, 0) is 55.5 Å². The average molecular weight is 324 g/mol. The molecule has 0 unspecified atom stereocenters. The number of hydrogen-bond donors (Lipinski definition) is 2. The third-order valence-electron chi connectivity index (χ3n) is 4.20. The molecule has 0 aliphatic rings. The van der Waals surface area contributed by atoms with Gasteiger partial charge in [0.1, 0.15) is 0 Å². The van der Waals surface area contributed by atoms with Crippen molar-refractivity contribution in [1.29, 1.82) is 0 Å². The topological polar surface area (TPSA) is 58.2 Å². The molecule has 0 saturated heterocycles. The summed E-state index contributed by atoms with van der Waals surface area (Å²) in [5.41, 5.74) is 5.48. The first kappa shape index (κ1) is 17.7. The molecule has 2 N–H and O–H groups in total. The summed E-state index contributed by atoms with van der Waals surface area (Å²) in [5, 5.41) is 5.41. The fourth-order valence-electron chi connectivity index (χ4n) is 2.65. The number of hydrogen-bond acceptors (Lipinski definition) is 2. The van der Waals surface area contributed by atoms with Crippen molar-refractivity contribution in [3.05, 3.63) is 70.3 Å². The van der Waals surface area contributed by atoms with E-state index in [-0.39, 0.29) is 6.04 Å². The lowest BCUT2D eigenvalue weighted by Gasteiger charge is -2.18. The first-order valence-electron chi connectivity index (χ1n) is 8.09. The van der Waals surface area contributed by atoms with Gasteiger partial charge < -0.3 is 10.6 Å². The Kier molecular flexibility index (Phi) is 5.74. The number of nitrogens with one attached hydrogen (secondary N) is 2. The monoisotopic (exact) mass is 324 g/mol. The van der Waals surface area contributed by atoms with Crippen molar-refractivity contribution in [3.63, 3.8) is 0 Å². The molecule has 0 aliphatic carbocycles. The third kappa shape index (κ3) is 4.44. The van der Waals surface area contributed by atoms with Crippen molar-refractivity contribution in [2.45, 2.75) is 40.3 Å². The first-order valence-corrected chi connectivity index (χ1v) is 8.09. The van der Waals surface area contributed by atoms with E-state index in [1.165, 1.54) is 11.1 Å². The molecular formula is C20H24N2O2. The Morgan fingerprint density at radius 2 is 1.54 bits per heavy atom. The van der Waals surface area contributed by atoms with Gasteiger partial charge in [0.2, 0.25) is 0 Å². The molecule has 4 heteroatoms. The van der Waals surface area contributed by atoms with Crippen molar-refractivity contribution < 1.29 is 9.59 Å². The van der Waals surface area contributed by atoms with E-state index >= 15 is 0 Å². The molecule has 2 aromatic carbocycles.